The van der Waals surface area contributed by atoms with E-state index in [-0.39, 0.29) is 38.7 Å². The first-order chi connectivity index (χ1) is 8.80. The zero-order valence-electron chi connectivity index (χ0n) is 10.6. The quantitative estimate of drug-likeness (QED) is 0.762. The summed E-state index contributed by atoms with van der Waals surface area (Å²) in [5, 5.41) is 0. The van der Waals surface area contributed by atoms with Crippen LogP contribution < -0.4 is 5.73 Å². The van der Waals surface area contributed by atoms with Gasteiger partial charge in [-0.2, -0.15) is 13.2 Å². The fourth-order valence-electron chi connectivity index (χ4n) is 2.43. The molecule has 2 aliphatic rings. The van der Waals surface area contributed by atoms with E-state index < -0.39 is 18.3 Å². The minimum Gasteiger partial charge on any atom is -0.379 e. The number of nitrogens with zero attached hydrogens (tertiary/aromatic N) is 2. The van der Waals surface area contributed by atoms with Gasteiger partial charge in [0.2, 0.25) is 5.91 Å². The first kappa shape index (κ1) is 14.5. The van der Waals surface area contributed by atoms with Crippen molar-refractivity contribution in [1.29, 1.82) is 0 Å². The van der Waals surface area contributed by atoms with E-state index in [1.165, 1.54) is 4.90 Å². The molecule has 0 aromatic carbocycles. The number of piperazine rings is 1. The molecule has 0 aromatic heterocycles. The summed E-state index contributed by atoms with van der Waals surface area (Å²) in [5.74, 6) is -0.211. The van der Waals surface area contributed by atoms with E-state index in [0.717, 1.165) is 0 Å². The molecule has 0 saturated carbocycles. The van der Waals surface area contributed by atoms with Crippen LogP contribution in [0.5, 0.6) is 0 Å². The fraction of sp³-hybridized carbons (Fsp3) is 0.909. The maximum Gasteiger partial charge on any atom is 0.401 e. The molecule has 8 heteroatoms. The van der Waals surface area contributed by atoms with E-state index in [2.05, 4.69) is 0 Å². The molecular weight excluding hydrogens is 263 g/mol. The number of carbonyl (C=O) groups is 1. The Bertz CT molecular complexity index is 335. The molecule has 19 heavy (non-hydrogen) atoms. The predicted molar refractivity (Wildman–Crippen MR) is 61.4 cm³/mol. The maximum atomic E-state index is 12.2. The van der Waals surface area contributed by atoms with E-state index >= 15 is 0 Å². The van der Waals surface area contributed by atoms with Crippen molar-refractivity contribution < 1.29 is 22.7 Å². The van der Waals surface area contributed by atoms with Crippen LogP contribution in [-0.2, 0) is 9.53 Å². The van der Waals surface area contributed by atoms with Crippen molar-refractivity contribution in [3.8, 4) is 0 Å². The first-order valence-electron chi connectivity index (χ1n) is 6.25. The lowest BCUT2D eigenvalue weighted by Gasteiger charge is -2.38. The second-order valence-corrected chi connectivity index (χ2v) is 5.14. The molecule has 0 bridgehead atoms. The Kier molecular flexibility index (Phi) is 4.03. The Morgan fingerprint density at radius 1 is 1.26 bits per heavy atom. The highest BCUT2D eigenvalue weighted by molar-refractivity contribution is 5.86. The van der Waals surface area contributed by atoms with Crippen molar-refractivity contribution in [2.24, 2.45) is 5.73 Å². The molecule has 2 rings (SSSR count). The Morgan fingerprint density at radius 2 is 1.89 bits per heavy atom. The van der Waals surface area contributed by atoms with Crippen LogP contribution in [0.3, 0.4) is 0 Å². The number of halogens is 3. The van der Waals surface area contributed by atoms with Crippen LogP contribution in [0.4, 0.5) is 13.2 Å². The third kappa shape index (κ3) is 3.58. The number of amides is 1. The van der Waals surface area contributed by atoms with Gasteiger partial charge < -0.3 is 15.4 Å². The van der Waals surface area contributed by atoms with Gasteiger partial charge >= 0.3 is 6.18 Å². The van der Waals surface area contributed by atoms with Crippen molar-refractivity contribution in [1.82, 2.24) is 9.80 Å². The summed E-state index contributed by atoms with van der Waals surface area (Å²) in [6.07, 6.45) is -3.73. The molecular formula is C11H18F3N3O2. The van der Waals surface area contributed by atoms with Gasteiger partial charge in [0.05, 0.1) is 13.2 Å². The highest BCUT2D eigenvalue weighted by Gasteiger charge is 2.42. The molecule has 110 valence electrons. The molecule has 1 atom stereocenters. The Morgan fingerprint density at radius 3 is 2.37 bits per heavy atom. The van der Waals surface area contributed by atoms with E-state index in [1.54, 1.807) is 4.90 Å². The predicted octanol–water partition coefficient (Wildman–Crippen LogP) is -0.189. The van der Waals surface area contributed by atoms with Gasteiger partial charge in [-0.05, 0) is 6.42 Å². The van der Waals surface area contributed by atoms with E-state index in [1.807, 2.05) is 0 Å². The summed E-state index contributed by atoms with van der Waals surface area (Å²) in [7, 11) is 0. The molecule has 0 aliphatic carbocycles. The minimum absolute atomic E-state index is 0.189. The first-order valence-corrected chi connectivity index (χ1v) is 6.25. The van der Waals surface area contributed by atoms with Crippen LogP contribution in [-0.4, -0.2) is 73.4 Å². The summed E-state index contributed by atoms with van der Waals surface area (Å²) in [6.45, 7) is 0.739. The Labute approximate surface area is 109 Å². The lowest BCUT2D eigenvalue weighted by atomic mass is 9.98. The van der Waals surface area contributed by atoms with Crippen LogP contribution >= 0.6 is 0 Å². The normalized spacial score (nSPS) is 29.8. The Hall–Kier alpha value is -0.860. The molecule has 2 fully saturated rings. The Balaban J connectivity index is 1.84. The molecule has 1 amide bonds. The maximum absolute atomic E-state index is 12.2. The summed E-state index contributed by atoms with van der Waals surface area (Å²) in [4.78, 5) is 15.0. The average Bonchev–Trinajstić information content (AvgIpc) is 2.75. The lowest BCUT2D eigenvalue weighted by Crippen LogP contribution is -2.60. The van der Waals surface area contributed by atoms with Crippen LogP contribution in [0.15, 0.2) is 0 Å². The zero-order valence-corrected chi connectivity index (χ0v) is 10.6. The van der Waals surface area contributed by atoms with Gasteiger partial charge in [-0.15, -0.1) is 0 Å². The molecule has 2 N–H and O–H groups in total. The number of rotatable bonds is 2. The van der Waals surface area contributed by atoms with Crippen LogP contribution in [0.2, 0.25) is 0 Å². The number of hydrogen-bond donors (Lipinski definition) is 1. The number of nitrogens with two attached hydrogens (primary N) is 1. The summed E-state index contributed by atoms with van der Waals surface area (Å²) >= 11 is 0. The zero-order chi connectivity index (χ0) is 14.1. The molecule has 2 heterocycles. The van der Waals surface area contributed by atoms with E-state index in [0.29, 0.717) is 13.0 Å². The molecule has 5 nitrogen and oxygen atoms in total. The van der Waals surface area contributed by atoms with Crippen molar-refractivity contribution in [2.75, 3.05) is 45.9 Å². The van der Waals surface area contributed by atoms with Gasteiger partial charge in [0.1, 0.15) is 5.54 Å². The highest BCUT2D eigenvalue weighted by Crippen LogP contribution is 2.21. The summed E-state index contributed by atoms with van der Waals surface area (Å²) in [5.41, 5.74) is 4.97. The molecule has 2 saturated heterocycles. The number of carbonyl (C=O) groups excluding carboxylic acids is 1. The van der Waals surface area contributed by atoms with Crippen molar-refractivity contribution in [3.63, 3.8) is 0 Å². The van der Waals surface area contributed by atoms with Crippen molar-refractivity contribution >= 4 is 5.91 Å². The van der Waals surface area contributed by atoms with Crippen LogP contribution in [0.25, 0.3) is 0 Å². The van der Waals surface area contributed by atoms with E-state index in [4.69, 9.17) is 10.5 Å². The molecule has 2 aliphatic heterocycles. The molecule has 1 unspecified atom stereocenters. The van der Waals surface area contributed by atoms with Gasteiger partial charge in [0.15, 0.2) is 0 Å². The third-order valence-corrected chi connectivity index (χ3v) is 3.54. The minimum atomic E-state index is -4.19. The van der Waals surface area contributed by atoms with Crippen molar-refractivity contribution in [2.45, 2.75) is 18.1 Å². The second-order valence-electron chi connectivity index (χ2n) is 5.14. The van der Waals surface area contributed by atoms with Gasteiger partial charge in [-0.25, -0.2) is 0 Å². The fourth-order valence-corrected chi connectivity index (χ4v) is 2.43. The van der Waals surface area contributed by atoms with Crippen LogP contribution in [0.1, 0.15) is 6.42 Å². The smallest absolute Gasteiger partial charge is 0.379 e. The van der Waals surface area contributed by atoms with Gasteiger partial charge in [-0.1, -0.05) is 0 Å². The van der Waals surface area contributed by atoms with Gasteiger partial charge in [-0.3, -0.25) is 9.69 Å². The van der Waals surface area contributed by atoms with E-state index in [9.17, 15) is 18.0 Å². The number of hydrogen-bond acceptors (Lipinski definition) is 4. The topological polar surface area (TPSA) is 58.8 Å². The van der Waals surface area contributed by atoms with Gasteiger partial charge in [0, 0.05) is 32.8 Å². The highest BCUT2D eigenvalue weighted by atomic mass is 19.4. The standard InChI is InChI=1S/C11H18F3N3O2/c12-11(13,14)7-16-2-4-17(5-3-16)9(18)10(15)1-6-19-8-10/h1-8,15H2. The molecule has 0 radical (unpaired) electrons. The summed E-state index contributed by atoms with van der Waals surface area (Å²) < 4.78 is 41.9. The molecule has 0 spiro atoms. The lowest BCUT2D eigenvalue weighted by molar-refractivity contribution is -0.153. The average molecular weight is 281 g/mol. The third-order valence-electron chi connectivity index (χ3n) is 3.54. The monoisotopic (exact) mass is 281 g/mol. The second kappa shape index (κ2) is 5.26. The van der Waals surface area contributed by atoms with Crippen molar-refractivity contribution in [3.05, 3.63) is 0 Å². The van der Waals surface area contributed by atoms with Crippen LogP contribution in [0, 0.1) is 0 Å². The summed E-state index contributed by atoms with van der Waals surface area (Å²) in [6, 6.07) is 0. The number of ether oxygens (including phenoxy) is 1. The molecule has 0 aromatic rings. The number of alkyl halides is 3. The largest absolute Gasteiger partial charge is 0.401 e. The SMILES string of the molecule is NC1(C(=O)N2CCN(CC(F)(F)F)CC2)CCOC1. The van der Waals surface area contributed by atoms with Gasteiger partial charge in [0.25, 0.3) is 0 Å².